The highest BCUT2D eigenvalue weighted by Gasteiger charge is 2.25. The highest BCUT2D eigenvalue weighted by atomic mass is 16.6. The zero-order valence-electron chi connectivity index (χ0n) is 4.10. The van der Waals surface area contributed by atoms with Crippen molar-refractivity contribution in [3.63, 3.8) is 0 Å². The summed E-state index contributed by atoms with van der Waals surface area (Å²) in [5, 5.41) is 2.79. The molecule has 0 radical (unpaired) electrons. The molecule has 0 aromatic heterocycles. The SMILES string of the molecule is CNC1CC(=O)O1. The molecule has 1 unspecified atom stereocenters. The summed E-state index contributed by atoms with van der Waals surface area (Å²) in [4.78, 5) is 10.0. The number of carbonyl (C=O) groups excluding carboxylic acids is 1. The molecule has 0 bridgehead atoms. The second-order valence-corrected chi connectivity index (χ2v) is 1.47. The van der Waals surface area contributed by atoms with Crippen molar-refractivity contribution in [1.82, 2.24) is 5.32 Å². The fourth-order valence-electron chi connectivity index (χ4n) is 0.461. The van der Waals surface area contributed by atoms with Gasteiger partial charge in [-0.3, -0.25) is 10.1 Å². The smallest absolute Gasteiger partial charge is 0.312 e. The van der Waals surface area contributed by atoms with Crippen LogP contribution in [-0.2, 0) is 9.53 Å². The second kappa shape index (κ2) is 1.50. The van der Waals surface area contributed by atoms with Crippen molar-refractivity contribution in [3.05, 3.63) is 0 Å². The lowest BCUT2D eigenvalue weighted by Crippen LogP contribution is -2.42. The Bertz CT molecular complexity index is 83.7. The lowest BCUT2D eigenvalue weighted by molar-refractivity contribution is -0.171. The maximum absolute atomic E-state index is 10.0. The van der Waals surface area contributed by atoms with Crippen LogP contribution in [0, 0.1) is 0 Å². The van der Waals surface area contributed by atoms with E-state index in [2.05, 4.69) is 10.1 Å². The van der Waals surface area contributed by atoms with E-state index in [1.54, 1.807) is 7.05 Å². The molecule has 3 heteroatoms. The van der Waals surface area contributed by atoms with Gasteiger partial charge in [-0.2, -0.15) is 0 Å². The molecule has 3 nitrogen and oxygen atoms in total. The summed E-state index contributed by atoms with van der Waals surface area (Å²) in [6.45, 7) is 0. The van der Waals surface area contributed by atoms with E-state index in [1.165, 1.54) is 0 Å². The first-order chi connectivity index (χ1) is 3.33. The zero-order chi connectivity index (χ0) is 5.28. The van der Waals surface area contributed by atoms with Gasteiger partial charge in [-0.25, -0.2) is 0 Å². The molecule has 0 saturated carbocycles. The Morgan fingerprint density at radius 3 is 2.71 bits per heavy atom. The molecular weight excluding hydrogens is 94.0 g/mol. The molecule has 7 heavy (non-hydrogen) atoms. The van der Waals surface area contributed by atoms with Crippen LogP contribution in [0.1, 0.15) is 6.42 Å². The predicted octanol–water partition coefficient (Wildman–Crippen LogP) is -0.521. The van der Waals surface area contributed by atoms with E-state index >= 15 is 0 Å². The molecule has 40 valence electrons. The Labute approximate surface area is 41.7 Å². The summed E-state index contributed by atoms with van der Waals surface area (Å²) in [5.74, 6) is -0.112. The monoisotopic (exact) mass is 101 g/mol. The summed E-state index contributed by atoms with van der Waals surface area (Å²) < 4.78 is 4.54. The van der Waals surface area contributed by atoms with Crippen LogP contribution in [-0.4, -0.2) is 19.2 Å². The van der Waals surface area contributed by atoms with Gasteiger partial charge < -0.3 is 4.74 Å². The Morgan fingerprint density at radius 1 is 2.00 bits per heavy atom. The maximum Gasteiger partial charge on any atom is 0.312 e. The van der Waals surface area contributed by atoms with Gasteiger partial charge in [0.15, 0.2) is 6.23 Å². The van der Waals surface area contributed by atoms with Crippen LogP contribution in [0.3, 0.4) is 0 Å². The highest BCUT2D eigenvalue weighted by molar-refractivity contribution is 5.74. The van der Waals surface area contributed by atoms with Crippen molar-refractivity contribution in [2.45, 2.75) is 12.6 Å². The molecule has 1 saturated heterocycles. The maximum atomic E-state index is 10.0. The first-order valence-corrected chi connectivity index (χ1v) is 2.19. The number of nitrogens with one attached hydrogen (secondary N) is 1. The Hall–Kier alpha value is -0.570. The topological polar surface area (TPSA) is 38.3 Å². The van der Waals surface area contributed by atoms with Crippen molar-refractivity contribution >= 4 is 5.97 Å². The van der Waals surface area contributed by atoms with Gasteiger partial charge in [-0.05, 0) is 7.05 Å². The van der Waals surface area contributed by atoms with Crippen molar-refractivity contribution in [2.75, 3.05) is 7.05 Å². The number of rotatable bonds is 1. The second-order valence-electron chi connectivity index (χ2n) is 1.47. The Morgan fingerprint density at radius 2 is 2.57 bits per heavy atom. The molecule has 1 atom stereocenters. The fourth-order valence-corrected chi connectivity index (χ4v) is 0.461. The van der Waals surface area contributed by atoms with Gasteiger partial charge in [0.1, 0.15) is 0 Å². The van der Waals surface area contributed by atoms with Crippen LogP contribution in [0.5, 0.6) is 0 Å². The number of hydrogen-bond acceptors (Lipinski definition) is 3. The van der Waals surface area contributed by atoms with Gasteiger partial charge in [-0.1, -0.05) is 0 Å². The molecule has 1 aliphatic heterocycles. The third-order valence-electron chi connectivity index (χ3n) is 0.948. The standard InChI is InChI=1S/C4H7NO2/c1-5-3-2-4(6)7-3/h3,5H,2H2,1H3. The van der Waals surface area contributed by atoms with Gasteiger partial charge >= 0.3 is 5.97 Å². The minimum absolute atomic E-state index is 0.00694. The van der Waals surface area contributed by atoms with E-state index in [0.29, 0.717) is 6.42 Å². The molecule has 0 amide bonds. The molecule has 1 fully saturated rings. The minimum Gasteiger partial charge on any atom is -0.446 e. The zero-order valence-corrected chi connectivity index (χ0v) is 4.10. The summed E-state index contributed by atoms with van der Waals surface area (Å²) in [6.07, 6.45) is 0.517. The van der Waals surface area contributed by atoms with Gasteiger partial charge in [0.25, 0.3) is 0 Å². The van der Waals surface area contributed by atoms with E-state index in [-0.39, 0.29) is 12.2 Å². The first kappa shape index (κ1) is 4.59. The first-order valence-electron chi connectivity index (χ1n) is 2.19. The van der Waals surface area contributed by atoms with Gasteiger partial charge in [0.05, 0.1) is 6.42 Å². The van der Waals surface area contributed by atoms with E-state index in [0.717, 1.165) is 0 Å². The molecule has 1 aliphatic rings. The number of ether oxygens (including phenoxy) is 1. The van der Waals surface area contributed by atoms with Crippen molar-refractivity contribution < 1.29 is 9.53 Å². The lowest BCUT2D eigenvalue weighted by Gasteiger charge is -2.23. The summed E-state index contributed by atoms with van der Waals surface area (Å²) in [7, 11) is 1.76. The van der Waals surface area contributed by atoms with Crippen LogP contribution in [0.2, 0.25) is 0 Å². The molecule has 1 rings (SSSR count). The average molecular weight is 101 g/mol. The molecule has 1 N–H and O–H groups in total. The number of esters is 1. The van der Waals surface area contributed by atoms with Gasteiger partial charge in [-0.15, -0.1) is 0 Å². The largest absolute Gasteiger partial charge is 0.446 e. The summed E-state index contributed by atoms with van der Waals surface area (Å²) in [5.41, 5.74) is 0. The Kier molecular flexibility index (Phi) is 0.982. The minimum atomic E-state index is -0.112. The van der Waals surface area contributed by atoms with Crippen LogP contribution in [0.15, 0.2) is 0 Å². The summed E-state index contributed by atoms with van der Waals surface area (Å²) in [6, 6.07) is 0. The molecule has 0 spiro atoms. The van der Waals surface area contributed by atoms with E-state index in [1.807, 2.05) is 0 Å². The third-order valence-corrected chi connectivity index (χ3v) is 0.948. The molecule has 0 aromatic rings. The van der Waals surface area contributed by atoms with Crippen LogP contribution in [0.4, 0.5) is 0 Å². The van der Waals surface area contributed by atoms with Crippen LogP contribution >= 0.6 is 0 Å². The van der Waals surface area contributed by atoms with Crippen LogP contribution < -0.4 is 5.32 Å². The van der Waals surface area contributed by atoms with E-state index < -0.39 is 0 Å². The highest BCUT2D eigenvalue weighted by Crippen LogP contribution is 2.07. The molecule has 1 heterocycles. The molecular formula is C4H7NO2. The van der Waals surface area contributed by atoms with Crippen molar-refractivity contribution in [3.8, 4) is 0 Å². The van der Waals surface area contributed by atoms with Crippen molar-refractivity contribution in [2.24, 2.45) is 0 Å². The van der Waals surface area contributed by atoms with Gasteiger partial charge in [0, 0.05) is 0 Å². The molecule has 0 aliphatic carbocycles. The Balaban J connectivity index is 2.17. The molecule has 0 aromatic carbocycles. The van der Waals surface area contributed by atoms with Crippen LogP contribution in [0.25, 0.3) is 0 Å². The normalized spacial score (nSPS) is 28.7. The lowest BCUT2D eigenvalue weighted by atomic mass is 10.3. The number of hydrogen-bond donors (Lipinski definition) is 1. The number of cyclic esters (lactones) is 1. The fraction of sp³-hybridized carbons (Fsp3) is 0.750. The summed E-state index contributed by atoms with van der Waals surface area (Å²) >= 11 is 0. The quantitative estimate of drug-likeness (QED) is 0.451. The number of carbonyl (C=O) groups is 1. The average Bonchev–Trinajstić information content (AvgIpc) is 1.58. The predicted molar refractivity (Wildman–Crippen MR) is 23.6 cm³/mol. The van der Waals surface area contributed by atoms with E-state index in [9.17, 15) is 4.79 Å². The van der Waals surface area contributed by atoms with E-state index in [4.69, 9.17) is 0 Å². The van der Waals surface area contributed by atoms with Gasteiger partial charge in [0.2, 0.25) is 0 Å². The van der Waals surface area contributed by atoms with Crippen molar-refractivity contribution in [1.29, 1.82) is 0 Å². The third kappa shape index (κ3) is 0.718.